The summed E-state index contributed by atoms with van der Waals surface area (Å²) in [5, 5.41) is 3.36. The Kier molecular flexibility index (Phi) is 2.66. The van der Waals surface area contributed by atoms with Gasteiger partial charge in [0.1, 0.15) is 0 Å². The Hall–Kier alpha value is -0.570. The highest BCUT2D eigenvalue weighted by atomic mass is 16.1. The number of amides is 1. The predicted molar refractivity (Wildman–Crippen MR) is 53.3 cm³/mol. The Morgan fingerprint density at radius 3 is 2.08 bits per heavy atom. The second-order valence-corrected chi connectivity index (χ2v) is 5.03. The van der Waals surface area contributed by atoms with E-state index in [4.69, 9.17) is 5.73 Å². The van der Waals surface area contributed by atoms with Crippen molar-refractivity contribution in [2.24, 2.45) is 5.73 Å². The monoisotopic (exact) mass is 184 g/mol. The van der Waals surface area contributed by atoms with E-state index in [1.807, 2.05) is 0 Å². The summed E-state index contributed by atoms with van der Waals surface area (Å²) in [5.41, 5.74) is 4.96. The third-order valence-corrected chi connectivity index (χ3v) is 2.54. The molecule has 0 aromatic carbocycles. The van der Waals surface area contributed by atoms with E-state index in [0.29, 0.717) is 0 Å². The summed E-state index contributed by atoms with van der Waals surface area (Å²) >= 11 is 0. The Labute approximate surface area is 80.1 Å². The quantitative estimate of drug-likeness (QED) is 0.677. The van der Waals surface area contributed by atoms with E-state index in [0.717, 1.165) is 25.7 Å². The molecule has 0 bridgehead atoms. The zero-order valence-electron chi connectivity index (χ0n) is 8.81. The third-order valence-electron chi connectivity index (χ3n) is 2.54. The van der Waals surface area contributed by atoms with Crippen LogP contribution in [-0.2, 0) is 4.79 Å². The van der Waals surface area contributed by atoms with Gasteiger partial charge in [-0.15, -0.1) is 0 Å². The molecule has 0 heterocycles. The van der Waals surface area contributed by atoms with Crippen LogP contribution < -0.4 is 11.1 Å². The fourth-order valence-electron chi connectivity index (χ4n) is 2.13. The van der Waals surface area contributed by atoms with Crippen LogP contribution in [0.2, 0.25) is 0 Å². The minimum absolute atomic E-state index is 0.0423. The van der Waals surface area contributed by atoms with Crippen LogP contribution in [0.15, 0.2) is 0 Å². The van der Waals surface area contributed by atoms with Crippen LogP contribution in [-0.4, -0.2) is 17.0 Å². The summed E-state index contributed by atoms with van der Waals surface area (Å²) in [6.07, 6.45) is 3.98. The molecule has 0 unspecified atom stereocenters. The average molecular weight is 184 g/mol. The van der Waals surface area contributed by atoms with Gasteiger partial charge in [-0.1, -0.05) is 12.8 Å². The van der Waals surface area contributed by atoms with E-state index in [2.05, 4.69) is 26.1 Å². The zero-order valence-corrected chi connectivity index (χ0v) is 8.81. The number of primary amides is 1. The highest BCUT2D eigenvalue weighted by Crippen LogP contribution is 2.31. The molecule has 3 nitrogen and oxygen atoms in total. The van der Waals surface area contributed by atoms with Crippen LogP contribution in [0, 0.1) is 0 Å². The molecule has 76 valence electrons. The molecule has 0 radical (unpaired) electrons. The molecule has 1 aliphatic rings. The molecule has 0 aliphatic heterocycles. The standard InChI is InChI=1S/C10H20N2O/c1-9(2,3)12-10(8(11)13)6-4-5-7-10/h12H,4-7H2,1-3H3,(H2,11,13). The van der Waals surface area contributed by atoms with Crippen molar-refractivity contribution in [1.82, 2.24) is 5.32 Å². The maximum Gasteiger partial charge on any atom is 0.237 e. The first-order chi connectivity index (χ1) is 5.86. The van der Waals surface area contributed by atoms with Gasteiger partial charge in [0.15, 0.2) is 0 Å². The van der Waals surface area contributed by atoms with Gasteiger partial charge >= 0.3 is 0 Å². The minimum Gasteiger partial charge on any atom is -0.368 e. The highest BCUT2D eigenvalue weighted by molar-refractivity contribution is 5.85. The SMILES string of the molecule is CC(C)(C)NC1(C(N)=O)CCCC1. The summed E-state index contributed by atoms with van der Waals surface area (Å²) in [6.45, 7) is 6.20. The summed E-state index contributed by atoms with van der Waals surface area (Å²) in [7, 11) is 0. The number of carbonyl (C=O) groups is 1. The lowest BCUT2D eigenvalue weighted by atomic mass is 9.92. The summed E-state index contributed by atoms with van der Waals surface area (Å²) in [6, 6.07) is 0. The van der Waals surface area contributed by atoms with E-state index in [1.165, 1.54) is 0 Å². The largest absolute Gasteiger partial charge is 0.368 e. The molecule has 13 heavy (non-hydrogen) atoms. The van der Waals surface area contributed by atoms with Gasteiger partial charge in [0.2, 0.25) is 5.91 Å². The molecule has 0 atom stereocenters. The second kappa shape index (κ2) is 3.29. The van der Waals surface area contributed by atoms with Crippen molar-refractivity contribution in [3.05, 3.63) is 0 Å². The van der Waals surface area contributed by atoms with Gasteiger partial charge in [0, 0.05) is 5.54 Å². The number of nitrogens with one attached hydrogen (secondary N) is 1. The molecule has 1 fully saturated rings. The van der Waals surface area contributed by atoms with Crippen molar-refractivity contribution in [2.45, 2.75) is 57.5 Å². The average Bonchev–Trinajstić information content (AvgIpc) is 2.33. The zero-order chi connectivity index (χ0) is 10.1. The van der Waals surface area contributed by atoms with Gasteiger partial charge in [0.25, 0.3) is 0 Å². The Morgan fingerprint density at radius 1 is 1.31 bits per heavy atom. The first-order valence-corrected chi connectivity index (χ1v) is 4.95. The van der Waals surface area contributed by atoms with Crippen molar-refractivity contribution < 1.29 is 4.79 Å². The van der Waals surface area contributed by atoms with E-state index < -0.39 is 5.54 Å². The van der Waals surface area contributed by atoms with E-state index in [1.54, 1.807) is 0 Å². The predicted octanol–water partition coefficient (Wildman–Crippen LogP) is 1.17. The van der Waals surface area contributed by atoms with Crippen molar-refractivity contribution in [1.29, 1.82) is 0 Å². The fourth-order valence-corrected chi connectivity index (χ4v) is 2.13. The topological polar surface area (TPSA) is 55.1 Å². The van der Waals surface area contributed by atoms with Crippen molar-refractivity contribution in [3.63, 3.8) is 0 Å². The maximum atomic E-state index is 11.4. The molecule has 3 N–H and O–H groups in total. The number of hydrogen-bond acceptors (Lipinski definition) is 2. The van der Waals surface area contributed by atoms with Crippen molar-refractivity contribution in [3.8, 4) is 0 Å². The second-order valence-electron chi connectivity index (χ2n) is 5.03. The lowest BCUT2D eigenvalue weighted by Crippen LogP contribution is -2.59. The molecule has 0 spiro atoms. The molecule has 1 amide bonds. The van der Waals surface area contributed by atoms with Crippen molar-refractivity contribution >= 4 is 5.91 Å². The van der Waals surface area contributed by atoms with Crippen LogP contribution in [0.5, 0.6) is 0 Å². The van der Waals surface area contributed by atoms with E-state index in [9.17, 15) is 4.79 Å². The molecular weight excluding hydrogens is 164 g/mol. The Bertz CT molecular complexity index is 199. The first kappa shape index (κ1) is 10.5. The molecule has 1 aliphatic carbocycles. The third kappa shape index (κ3) is 2.44. The van der Waals surface area contributed by atoms with Gasteiger partial charge in [-0.05, 0) is 33.6 Å². The van der Waals surface area contributed by atoms with Crippen LogP contribution in [0.1, 0.15) is 46.5 Å². The number of carbonyl (C=O) groups excluding carboxylic acids is 1. The molecule has 0 saturated heterocycles. The molecule has 0 aromatic heterocycles. The van der Waals surface area contributed by atoms with Crippen molar-refractivity contribution in [2.75, 3.05) is 0 Å². The highest BCUT2D eigenvalue weighted by Gasteiger charge is 2.41. The van der Waals surface area contributed by atoms with Gasteiger partial charge in [0.05, 0.1) is 5.54 Å². The molecule has 1 rings (SSSR count). The van der Waals surface area contributed by atoms with Gasteiger partial charge in [-0.25, -0.2) is 0 Å². The van der Waals surface area contributed by atoms with Crippen LogP contribution in [0.25, 0.3) is 0 Å². The number of nitrogens with two attached hydrogens (primary N) is 1. The number of rotatable bonds is 2. The lowest BCUT2D eigenvalue weighted by molar-refractivity contribution is -0.125. The van der Waals surface area contributed by atoms with Crippen LogP contribution in [0.3, 0.4) is 0 Å². The van der Waals surface area contributed by atoms with Crippen LogP contribution in [0.4, 0.5) is 0 Å². The Balaban J connectivity index is 2.74. The van der Waals surface area contributed by atoms with Gasteiger partial charge < -0.3 is 5.73 Å². The van der Waals surface area contributed by atoms with Gasteiger partial charge in [-0.3, -0.25) is 10.1 Å². The summed E-state index contributed by atoms with van der Waals surface area (Å²) in [5.74, 6) is -0.195. The number of hydrogen-bond donors (Lipinski definition) is 2. The molecule has 0 aromatic rings. The van der Waals surface area contributed by atoms with E-state index >= 15 is 0 Å². The molecule has 1 saturated carbocycles. The lowest BCUT2D eigenvalue weighted by Gasteiger charge is -2.35. The minimum atomic E-state index is -0.432. The normalized spacial score (nSPS) is 21.8. The first-order valence-electron chi connectivity index (χ1n) is 4.95. The smallest absolute Gasteiger partial charge is 0.237 e. The fraction of sp³-hybridized carbons (Fsp3) is 0.900. The Morgan fingerprint density at radius 2 is 1.77 bits per heavy atom. The van der Waals surface area contributed by atoms with E-state index in [-0.39, 0.29) is 11.4 Å². The summed E-state index contributed by atoms with van der Waals surface area (Å²) in [4.78, 5) is 11.4. The van der Waals surface area contributed by atoms with Crippen LogP contribution >= 0.6 is 0 Å². The molecule has 3 heteroatoms. The molecular formula is C10H20N2O. The van der Waals surface area contributed by atoms with Gasteiger partial charge in [-0.2, -0.15) is 0 Å². The maximum absolute atomic E-state index is 11.4. The summed E-state index contributed by atoms with van der Waals surface area (Å²) < 4.78 is 0.